The maximum Gasteiger partial charge on any atom is 0.337 e. The fourth-order valence-corrected chi connectivity index (χ4v) is 2.36. The number of pyridine rings is 1. The van der Waals surface area contributed by atoms with Crippen LogP contribution in [0.3, 0.4) is 0 Å². The van der Waals surface area contributed by atoms with Crippen molar-refractivity contribution in [3.05, 3.63) is 45.7 Å². The van der Waals surface area contributed by atoms with Gasteiger partial charge in [0.25, 0.3) is 0 Å². The van der Waals surface area contributed by atoms with Crippen molar-refractivity contribution in [2.24, 2.45) is 0 Å². The Labute approximate surface area is 118 Å². The monoisotopic (exact) mass is 355 g/mol. The quantitative estimate of drug-likeness (QED) is 0.860. The number of carboxylic acid groups (broad SMARTS) is 1. The molecule has 1 aromatic heterocycles. The first-order chi connectivity index (χ1) is 8.63. The minimum Gasteiger partial charge on any atom is -0.496 e. The summed E-state index contributed by atoms with van der Waals surface area (Å²) in [4.78, 5) is 15.3. The second-order valence-corrected chi connectivity index (χ2v) is 4.72. The Morgan fingerprint density at radius 3 is 2.78 bits per heavy atom. The highest BCUT2D eigenvalue weighted by Crippen LogP contribution is 2.28. The number of halogens is 1. The zero-order valence-corrected chi connectivity index (χ0v) is 11.7. The Kier molecular flexibility index (Phi) is 3.81. The molecule has 0 unspecified atom stereocenters. The molecule has 0 atom stereocenters. The molecule has 0 saturated heterocycles. The van der Waals surface area contributed by atoms with Gasteiger partial charge in [0.05, 0.1) is 21.9 Å². The van der Waals surface area contributed by atoms with Gasteiger partial charge in [0.15, 0.2) is 0 Å². The fraction of sp³-hybridized carbons (Fsp3) is 0.0769. The number of carboxylic acids is 1. The van der Waals surface area contributed by atoms with Crippen molar-refractivity contribution in [1.29, 1.82) is 0 Å². The number of benzene rings is 1. The van der Waals surface area contributed by atoms with Gasteiger partial charge in [-0.25, -0.2) is 4.79 Å². The summed E-state index contributed by atoms with van der Waals surface area (Å²) < 4.78 is 6.08. The maximum absolute atomic E-state index is 11.1. The van der Waals surface area contributed by atoms with Crippen LogP contribution >= 0.6 is 22.6 Å². The Morgan fingerprint density at radius 2 is 2.17 bits per heavy atom. The van der Waals surface area contributed by atoms with Gasteiger partial charge < -0.3 is 9.84 Å². The third kappa shape index (κ3) is 2.45. The highest BCUT2D eigenvalue weighted by atomic mass is 127. The summed E-state index contributed by atoms with van der Waals surface area (Å²) in [6.45, 7) is 0. The molecular weight excluding hydrogens is 345 g/mol. The minimum atomic E-state index is -0.982. The lowest BCUT2D eigenvalue weighted by atomic mass is 10.1. The van der Waals surface area contributed by atoms with Crippen LogP contribution < -0.4 is 4.74 Å². The third-order valence-electron chi connectivity index (χ3n) is 2.46. The van der Waals surface area contributed by atoms with E-state index in [1.165, 1.54) is 0 Å². The zero-order valence-electron chi connectivity index (χ0n) is 9.55. The van der Waals surface area contributed by atoms with Crippen molar-refractivity contribution >= 4 is 28.6 Å². The van der Waals surface area contributed by atoms with Crippen LogP contribution in [0, 0.1) is 3.57 Å². The van der Waals surface area contributed by atoms with E-state index in [0.717, 1.165) is 14.9 Å². The molecule has 5 heteroatoms. The summed E-state index contributed by atoms with van der Waals surface area (Å²) in [5.74, 6) is -0.226. The first kappa shape index (κ1) is 12.8. The molecule has 92 valence electrons. The lowest BCUT2D eigenvalue weighted by molar-refractivity contribution is 0.0697. The van der Waals surface area contributed by atoms with Crippen molar-refractivity contribution in [3.63, 3.8) is 0 Å². The first-order valence-corrected chi connectivity index (χ1v) is 6.23. The average Bonchev–Trinajstić information content (AvgIpc) is 2.38. The molecule has 1 heterocycles. The predicted molar refractivity (Wildman–Crippen MR) is 75.9 cm³/mol. The van der Waals surface area contributed by atoms with Crippen LogP contribution in [-0.2, 0) is 0 Å². The lowest BCUT2D eigenvalue weighted by Gasteiger charge is -2.08. The number of hydrogen-bond acceptors (Lipinski definition) is 3. The number of aromatic nitrogens is 1. The van der Waals surface area contributed by atoms with Gasteiger partial charge in [-0.3, -0.25) is 4.98 Å². The van der Waals surface area contributed by atoms with Crippen molar-refractivity contribution in [3.8, 4) is 17.0 Å². The van der Waals surface area contributed by atoms with E-state index in [2.05, 4.69) is 27.6 Å². The van der Waals surface area contributed by atoms with Crippen LogP contribution in [0.1, 0.15) is 10.4 Å². The van der Waals surface area contributed by atoms with Gasteiger partial charge in [-0.2, -0.15) is 0 Å². The molecule has 2 rings (SSSR count). The largest absolute Gasteiger partial charge is 0.496 e. The van der Waals surface area contributed by atoms with E-state index in [0.29, 0.717) is 5.69 Å². The van der Waals surface area contributed by atoms with Crippen LogP contribution in [0.15, 0.2) is 36.5 Å². The smallest absolute Gasteiger partial charge is 0.337 e. The number of ether oxygens (including phenoxy) is 1. The molecule has 1 aromatic carbocycles. The first-order valence-electron chi connectivity index (χ1n) is 5.15. The summed E-state index contributed by atoms with van der Waals surface area (Å²) in [5, 5.41) is 9.13. The predicted octanol–water partition coefficient (Wildman–Crippen LogP) is 3.06. The number of hydrogen-bond donors (Lipinski definition) is 1. The number of nitrogens with zero attached hydrogens (tertiary/aromatic N) is 1. The summed E-state index contributed by atoms with van der Waals surface area (Å²) in [6.07, 6.45) is 1.58. The summed E-state index contributed by atoms with van der Waals surface area (Å²) in [7, 11) is 1.60. The third-order valence-corrected chi connectivity index (χ3v) is 3.31. The van der Waals surface area contributed by atoms with Gasteiger partial charge >= 0.3 is 5.97 Å². The van der Waals surface area contributed by atoms with Gasteiger partial charge in [0.2, 0.25) is 0 Å². The number of methoxy groups -OCH3 is 1. The highest BCUT2D eigenvalue weighted by molar-refractivity contribution is 14.1. The van der Waals surface area contributed by atoms with Gasteiger partial charge in [-0.15, -0.1) is 0 Å². The molecule has 0 radical (unpaired) electrons. The maximum atomic E-state index is 11.1. The molecule has 0 spiro atoms. The SMILES string of the molecule is COc1ccc(-c2ncccc2C(=O)O)cc1I. The fourth-order valence-electron chi connectivity index (χ4n) is 1.62. The van der Waals surface area contributed by atoms with Crippen LogP contribution in [0.5, 0.6) is 5.75 Å². The van der Waals surface area contributed by atoms with E-state index < -0.39 is 5.97 Å². The molecule has 0 amide bonds. The molecule has 0 saturated carbocycles. The molecule has 0 fully saturated rings. The summed E-state index contributed by atoms with van der Waals surface area (Å²) in [6, 6.07) is 8.62. The van der Waals surface area contributed by atoms with Crippen LogP contribution in [0.2, 0.25) is 0 Å². The van der Waals surface area contributed by atoms with E-state index >= 15 is 0 Å². The number of rotatable bonds is 3. The Morgan fingerprint density at radius 1 is 1.39 bits per heavy atom. The number of aromatic carboxylic acids is 1. The zero-order chi connectivity index (χ0) is 13.1. The number of carbonyl (C=O) groups is 1. The van der Waals surface area contributed by atoms with E-state index in [1.807, 2.05) is 6.07 Å². The minimum absolute atomic E-state index is 0.193. The Bertz CT molecular complexity index is 599. The van der Waals surface area contributed by atoms with Crippen molar-refractivity contribution < 1.29 is 14.6 Å². The Balaban J connectivity index is 2.55. The van der Waals surface area contributed by atoms with Crippen molar-refractivity contribution in [2.75, 3.05) is 7.11 Å². The highest BCUT2D eigenvalue weighted by Gasteiger charge is 2.13. The molecular formula is C13H10INO3. The van der Waals surface area contributed by atoms with E-state index in [-0.39, 0.29) is 5.56 Å². The van der Waals surface area contributed by atoms with Gasteiger partial charge in [0, 0.05) is 11.8 Å². The molecule has 0 aliphatic rings. The molecule has 4 nitrogen and oxygen atoms in total. The molecule has 0 aliphatic heterocycles. The van der Waals surface area contributed by atoms with Crippen molar-refractivity contribution in [1.82, 2.24) is 4.98 Å². The van der Waals surface area contributed by atoms with Gasteiger partial charge in [0.1, 0.15) is 5.75 Å². The molecule has 18 heavy (non-hydrogen) atoms. The van der Waals surface area contributed by atoms with E-state index in [9.17, 15) is 4.79 Å². The topological polar surface area (TPSA) is 59.4 Å². The molecule has 0 aliphatic carbocycles. The van der Waals surface area contributed by atoms with Crippen LogP contribution in [-0.4, -0.2) is 23.2 Å². The van der Waals surface area contributed by atoms with Gasteiger partial charge in [-0.1, -0.05) is 0 Å². The van der Waals surface area contributed by atoms with Crippen LogP contribution in [0.25, 0.3) is 11.3 Å². The second kappa shape index (κ2) is 5.34. The van der Waals surface area contributed by atoms with Crippen LogP contribution in [0.4, 0.5) is 0 Å². The summed E-state index contributed by atoms with van der Waals surface area (Å²) in [5.41, 5.74) is 1.42. The Hall–Kier alpha value is -1.63. The summed E-state index contributed by atoms with van der Waals surface area (Å²) >= 11 is 2.14. The molecule has 1 N–H and O–H groups in total. The van der Waals surface area contributed by atoms with Gasteiger partial charge in [-0.05, 0) is 52.9 Å². The normalized spacial score (nSPS) is 10.1. The standard InChI is InChI=1S/C13H10INO3/c1-18-11-5-4-8(7-10(11)14)12-9(13(16)17)3-2-6-15-12/h2-7H,1H3,(H,16,17). The lowest BCUT2D eigenvalue weighted by Crippen LogP contribution is -2.01. The average molecular weight is 355 g/mol. The van der Waals surface area contributed by atoms with E-state index in [1.54, 1.807) is 37.6 Å². The molecule has 2 aromatic rings. The van der Waals surface area contributed by atoms with Crippen molar-refractivity contribution in [2.45, 2.75) is 0 Å². The molecule has 0 bridgehead atoms. The second-order valence-electron chi connectivity index (χ2n) is 3.55. The van der Waals surface area contributed by atoms with E-state index in [4.69, 9.17) is 9.84 Å².